The van der Waals surface area contributed by atoms with Crippen LogP contribution in [0.2, 0.25) is 0 Å². The SMILES string of the molecule is CCC1NC(=O)CC1(C)C(C)OC. The van der Waals surface area contributed by atoms with Gasteiger partial charge in [0.2, 0.25) is 5.91 Å². The van der Waals surface area contributed by atoms with Crippen molar-refractivity contribution in [2.75, 3.05) is 7.11 Å². The molecule has 76 valence electrons. The number of hydrogen-bond acceptors (Lipinski definition) is 2. The Hall–Kier alpha value is -0.570. The summed E-state index contributed by atoms with van der Waals surface area (Å²) in [6, 6.07) is 0.259. The molecule has 0 aromatic heterocycles. The first-order chi connectivity index (χ1) is 6.04. The molecule has 0 bridgehead atoms. The van der Waals surface area contributed by atoms with E-state index in [0.717, 1.165) is 6.42 Å². The van der Waals surface area contributed by atoms with Gasteiger partial charge in [0.25, 0.3) is 0 Å². The molecular weight excluding hydrogens is 166 g/mol. The molecule has 3 nitrogen and oxygen atoms in total. The van der Waals surface area contributed by atoms with Crippen LogP contribution in [-0.4, -0.2) is 25.2 Å². The van der Waals surface area contributed by atoms with E-state index in [1.54, 1.807) is 7.11 Å². The number of carbonyl (C=O) groups is 1. The van der Waals surface area contributed by atoms with Crippen LogP contribution in [0.25, 0.3) is 0 Å². The van der Waals surface area contributed by atoms with Crippen LogP contribution in [0.4, 0.5) is 0 Å². The first-order valence-electron chi connectivity index (χ1n) is 4.86. The summed E-state index contributed by atoms with van der Waals surface area (Å²) >= 11 is 0. The van der Waals surface area contributed by atoms with Gasteiger partial charge in [0.1, 0.15) is 0 Å². The minimum absolute atomic E-state index is 0.0411. The van der Waals surface area contributed by atoms with Gasteiger partial charge in [-0.2, -0.15) is 0 Å². The van der Waals surface area contributed by atoms with E-state index in [1.807, 2.05) is 6.92 Å². The average molecular weight is 185 g/mol. The van der Waals surface area contributed by atoms with Gasteiger partial charge in [-0.05, 0) is 13.3 Å². The molecule has 0 spiro atoms. The van der Waals surface area contributed by atoms with E-state index in [0.29, 0.717) is 6.42 Å². The molecule has 0 saturated carbocycles. The van der Waals surface area contributed by atoms with Crippen LogP contribution in [0.15, 0.2) is 0 Å². The summed E-state index contributed by atoms with van der Waals surface area (Å²) in [5.41, 5.74) is -0.0411. The second-order valence-electron chi connectivity index (χ2n) is 4.09. The maximum Gasteiger partial charge on any atom is 0.220 e. The minimum Gasteiger partial charge on any atom is -0.381 e. The normalized spacial score (nSPS) is 36.0. The average Bonchev–Trinajstić information content (AvgIpc) is 2.40. The third kappa shape index (κ3) is 1.70. The molecule has 0 aliphatic carbocycles. The molecule has 1 amide bonds. The van der Waals surface area contributed by atoms with Gasteiger partial charge in [0.15, 0.2) is 0 Å². The van der Waals surface area contributed by atoms with E-state index in [1.165, 1.54) is 0 Å². The zero-order valence-corrected chi connectivity index (χ0v) is 8.89. The molecule has 1 N–H and O–H groups in total. The van der Waals surface area contributed by atoms with Crippen molar-refractivity contribution in [1.29, 1.82) is 0 Å². The molecule has 1 aliphatic heterocycles. The highest BCUT2D eigenvalue weighted by Crippen LogP contribution is 2.37. The highest BCUT2D eigenvalue weighted by molar-refractivity contribution is 5.80. The molecule has 0 aromatic carbocycles. The minimum atomic E-state index is -0.0411. The lowest BCUT2D eigenvalue weighted by molar-refractivity contribution is -0.120. The number of hydrogen-bond donors (Lipinski definition) is 1. The van der Waals surface area contributed by atoms with Crippen molar-refractivity contribution in [3.63, 3.8) is 0 Å². The summed E-state index contributed by atoms with van der Waals surface area (Å²) in [6.07, 6.45) is 1.67. The topological polar surface area (TPSA) is 38.3 Å². The molecular formula is C10H19NO2. The maximum atomic E-state index is 11.3. The molecule has 1 heterocycles. The Bertz CT molecular complexity index is 205. The van der Waals surface area contributed by atoms with E-state index in [-0.39, 0.29) is 23.5 Å². The molecule has 13 heavy (non-hydrogen) atoms. The van der Waals surface area contributed by atoms with E-state index >= 15 is 0 Å². The highest BCUT2D eigenvalue weighted by Gasteiger charge is 2.46. The summed E-state index contributed by atoms with van der Waals surface area (Å²) in [4.78, 5) is 11.3. The van der Waals surface area contributed by atoms with Crippen LogP contribution < -0.4 is 5.32 Å². The predicted octanol–water partition coefficient (Wildman–Crippen LogP) is 1.33. The van der Waals surface area contributed by atoms with Crippen LogP contribution in [0.3, 0.4) is 0 Å². The Morgan fingerprint density at radius 3 is 2.85 bits per heavy atom. The predicted molar refractivity (Wildman–Crippen MR) is 51.4 cm³/mol. The second-order valence-corrected chi connectivity index (χ2v) is 4.09. The van der Waals surface area contributed by atoms with Gasteiger partial charge in [0.05, 0.1) is 6.10 Å². The van der Waals surface area contributed by atoms with Crippen LogP contribution in [0, 0.1) is 5.41 Å². The van der Waals surface area contributed by atoms with Crippen molar-refractivity contribution in [3.8, 4) is 0 Å². The second kappa shape index (κ2) is 3.66. The Balaban J connectivity index is 2.80. The van der Waals surface area contributed by atoms with Crippen molar-refractivity contribution in [2.24, 2.45) is 5.41 Å². The van der Waals surface area contributed by atoms with Crippen LogP contribution in [0.1, 0.15) is 33.6 Å². The van der Waals surface area contributed by atoms with Gasteiger partial charge >= 0.3 is 0 Å². The Labute approximate surface area is 79.8 Å². The quantitative estimate of drug-likeness (QED) is 0.720. The van der Waals surface area contributed by atoms with Gasteiger partial charge in [-0.3, -0.25) is 4.79 Å². The van der Waals surface area contributed by atoms with E-state index in [4.69, 9.17) is 4.74 Å². The number of ether oxygens (including phenoxy) is 1. The van der Waals surface area contributed by atoms with E-state index < -0.39 is 0 Å². The van der Waals surface area contributed by atoms with Crippen LogP contribution >= 0.6 is 0 Å². The Kier molecular flexibility index (Phi) is 2.96. The first-order valence-corrected chi connectivity index (χ1v) is 4.86. The largest absolute Gasteiger partial charge is 0.381 e. The number of rotatable bonds is 3. The fraction of sp³-hybridized carbons (Fsp3) is 0.900. The first kappa shape index (κ1) is 10.5. The summed E-state index contributed by atoms with van der Waals surface area (Å²) in [6.45, 7) is 6.24. The molecule has 3 heteroatoms. The zero-order chi connectivity index (χ0) is 10.1. The van der Waals surface area contributed by atoms with E-state index in [2.05, 4.69) is 19.2 Å². The smallest absolute Gasteiger partial charge is 0.220 e. The van der Waals surface area contributed by atoms with Gasteiger partial charge in [-0.1, -0.05) is 13.8 Å². The third-order valence-electron chi connectivity index (χ3n) is 3.36. The number of nitrogens with one attached hydrogen (secondary N) is 1. The van der Waals surface area contributed by atoms with Crippen LogP contribution in [-0.2, 0) is 9.53 Å². The van der Waals surface area contributed by atoms with Gasteiger partial charge < -0.3 is 10.1 Å². The molecule has 1 saturated heterocycles. The fourth-order valence-electron chi connectivity index (χ4n) is 2.14. The summed E-state index contributed by atoms with van der Waals surface area (Å²) in [5.74, 6) is 0.151. The van der Waals surface area contributed by atoms with Crippen LogP contribution in [0.5, 0.6) is 0 Å². The maximum absolute atomic E-state index is 11.3. The van der Waals surface area contributed by atoms with Crippen molar-refractivity contribution in [2.45, 2.75) is 45.8 Å². The monoisotopic (exact) mass is 185 g/mol. The molecule has 3 unspecified atom stereocenters. The van der Waals surface area contributed by atoms with Crippen molar-refractivity contribution < 1.29 is 9.53 Å². The third-order valence-corrected chi connectivity index (χ3v) is 3.36. The van der Waals surface area contributed by atoms with Gasteiger partial charge in [-0.25, -0.2) is 0 Å². The lowest BCUT2D eigenvalue weighted by Gasteiger charge is -2.34. The zero-order valence-electron chi connectivity index (χ0n) is 8.89. The fourth-order valence-corrected chi connectivity index (χ4v) is 2.14. The number of methoxy groups -OCH3 is 1. The van der Waals surface area contributed by atoms with Gasteiger partial charge in [0, 0.05) is 25.0 Å². The molecule has 3 atom stereocenters. The molecule has 1 rings (SSSR count). The summed E-state index contributed by atoms with van der Waals surface area (Å²) < 4.78 is 5.33. The lowest BCUT2D eigenvalue weighted by Crippen LogP contribution is -2.42. The summed E-state index contributed by atoms with van der Waals surface area (Å²) in [5, 5.41) is 2.99. The molecule has 0 radical (unpaired) electrons. The Morgan fingerprint density at radius 2 is 2.38 bits per heavy atom. The molecule has 1 fully saturated rings. The number of carbonyl (C=O) groups excluding carboxylic acids is 1. The standard InChI is InChI=1S/C10H19NO2/c1-5-8-10(3,7(2)13-4)6-9(12)11-8/h7-8H,5-6H2,1-4H3,(H,11,12). The lowest BCUT2D eigenvalue weighted by atomic mass is 9.77. The van der Waals surface area contributed by atoms with Crippen molar-refractivity contribution >= 4 is 5.91 Å². The van der Waals surface area contributed by atoms with Gasteiger partial charge in [-0.15, -0.1) is 0 Å². The van der Waals surface area contributed by atoms with E-state index in [9.17, 15) is 4.79 Å². The molecule has 0 aromatic rings. The highest BCUT2D eigenvalue weighted by atomic mass is 16.5. The van der Waals surface area contributed by atoms with Crippen molar-refractivity contribution in [1.82, 2.24) is 5.32 Å². The molecule has 1 aliphatic rings. The summed E-state index contributed by atoms with van der Waals surface area (Å²) in [7, 11) is 1.70. The Morgan fingerprint density at radius 1 is 1.77 bits per heavy atom. The number of amides is 1. The van der Waals surface area contributed by atoms with Crippen molar-refractivity contribution in [3.05, 3.63) is 0 Å².